The van der Waals surface area contributed by atoms with Crippen molar-refractivity contribution in [2.45, 2.75) is 13.8 Å². The molecular formula is C39H31N. The molecule has 6 aromatic carbocycles. The van der Waals surface area contributed by atoms with Gasteiger partial charge >= 0.3 is 0 Å². The van der Waals surface area contributed by atoms with Crippen molar-refractivity contribution in [1.29, 1.82) is 0 Å². The Balaban J connectivity index is 1.39. The number of allylic oxidation sites excluding steroid dienone is 2. The molecule has 0 spiro atoms. The Morgan fingerprint density at radius 1 is 0.550 bits per heavy atom. The number of aliphatic imine (C=N–C) groups is 1. The predicted molar refractivity (Wildman–Crippen MR) is 174 cm³/mol. The first-order valence-corrected chi connectivity index (χ1v) is 13.7. The van der Waals surface area contributed by atoms with Crippen LogP contribution in [0.15, 0.2) is 151 Å². The SMILES string of the molecule is C=C(/C=C(\N=C(/C)c1ccc(-c2ccc(C)cc2)cc1)c1ccc2ccccc2c1)c1ccc2ccccc2c1. The van der Waals surface area contributed by atoms with Gasteiger partial charge in [0.15, 0.2) is 0 Å². The Bertz CT molecular complexity index is 1900. The smallest absolute Gasteiger partial charge is 0.0711 e. The quantitative estimate of drug-likeness (QED) is 0.155. The zero-order valence-corrected chi connectivity index (χ0v) is 22.9. The van der Waals surface area contributed by atoms with Gasteiger partial charge in [-0.3, -0.25) is 4.99 Å². The Hall–Kier alpha value is -5.01. The van der Waals surface area contributed by atoms with Crippen LogP contribution in [0.25, 0.3) is 43.9 Å². The van der Waals surface area contributed by atoms with Gasteiger partial charge in [0.05, 0.1) is 5.70 Å². The van der Waals surface area contributed by atoms with E-state index < -0.39 is 0 Å². The fourth-order valence-electron chi connectivity index (χ4n) is 5.06. The van der Waals surface area contributed by atoms with Crippen molar-refractivity contribution >= 4 is 38.5 Å². The summed E-state index contributed by atoms with van der Waals surface area (Å²) >= 11 is 0. The van der Waals surface area contributed by atoms with Crippen molar-refractivity contribution in [3.05, 3.63) is 168 Å². The van der Waals surface area contributed by atoms with E-state index in [0.29, 0.717) is 0 Å². The van der Waals surface area contributed by atoms with Gasteiger partial charge in [-0.1, -0.05) is 133 Å². The molecule has 0 unspecified atom stereocenters. The third kappa shape index (κ3) is 5.41. The summed E-state index contributed by atoms with van der Waals surface area (Å²) in [4.78, 5) is 5.18. The van der Waals surface area contributed by atoms with E-state index in [4.69, 9.17) is 4.99 Å². The molecule has 0 fully saturated rings. The molecule has 0 heterocycles. The van der Waals surface area contributed by atoms with Crippen molar-refractivity contribution in [3.8, 4) is 11.1 Å². The molecule has 0 saturated heterocycles. The first-order chi connectivity index (χ1) is 19.5. The molecule has 6 aromatic rings. The third-order valence-corrected chi connectivity index (χ3v) is 7.45. The van der Waals surface area contributed by atoms with Crippen LogP contribution in [0.2, 0.25) is 0 Å². The van der Waals surface area contributed by atoms with E-state index in [0.717, 1.165) is 33.7 Å². The Labute approximate surface area is 236 Å². The van der Waals surface area contributed by atoms with Crippen LogP contribution in [0, 0.1) is 6.92 Å². The molecule has 0 aliphatic heterocycles. The summed E-state index contributed by atoms with van der Waals surface area (Å²) in [5, 5.41) is 4.83. The van der Waals surface area contributed by atoms with E-state index in [2.05, 4.69) is 160 Å². The lowest BCUT2D eigenvalue weighted by atomic mass is 9.99. The highest BCUT2D eigenvalue weighted by molar-refractivity contribution is 6.03. The molecule has 0 N–H and O–H groups in total. The molecule has 0 aliphatic rings. The van der Waals surface area contributed by atoms with Crippen LogP contribution in [0.5, 0.6) is 0 Å². The summed E-state index contributed by atoms with van der Waals surface area (Å²) in [7, 11) is 0. The topological polar surface area (TPSA) is 12.4 Å². The van der Waals surface area contributed by atoms with Gasteiger partial charge in [0.2, 0.25) is 0 Å². The maximum atomic E-state index is 5.18. The van der Waals surface area contributed by atoms with Gasteiger partial charge in [-0.15, -0.1) is 0 Å². The molecule has 1 heteroatoms. The van der Waals surface area contributed by atoms with Crippen molar-refractivity contribution in [2.75, 3.05) is 0 Å². The largest absolute Gasteiger partial charge is 0.252 e. The first kappa shape index (κ1) is 25.3. The summed E-state index contributed by atoms with van der Waals surface area (Å²) in [6, 6.07) is 47.2. The van der Waals surface area contributed by atoms with Crippen LogP contribution in [-0.2, 0) is 0 Å². The molecule has 6 rings (SSSR count). The standard InChI is InChI=1S/C39H31N/c1-27-12-14-33(15-13-27)34-18-16-30(17-19-34)29(3)40-39(38-23-21-32-9-5-7-11-37(32)26-38)24-28(2)35-22-20-31-8-4-6-10-36(31)25-35/h4-26H,2H2,1,3H3/b39-24-,40-29+. The number of aryl methyl sites for hydroxylation is 1. The highest BCUT2D eigenvalue weighted by Gasteiger charge is 2.08. The highest BCUT2D eigenvalue weighted by atomic mass is 14.8. The number of nitrogens with zero attached hydrogens (tertiary/aromatic N) is 1. The number of rotatable bonds is 6. The monoisotopic (exact) mass is 513 g/mol. The van der Waals surface area contributed by atoms with Gasteiger partial charge < -0.3 is 0 Å². The molecule has 0 radical (unpaired) electrons. The maximum Gasteiger partial charge on any atom is 0.0711 e. The van der Waals surface area contributed by atoms with E-state index in [1.54, 1.807) is 0 Å². The normalized spacial score (nSPS) is 12.2. The number of hydrogen-bond acceptors (Lipinski definition) is 1. The molecule has 0 amide bonds. The summed E-state index contributed by atoms with van der Waals surface area (Å²) in [5.74, 6) is 0. The average molecular weight is 514 g/mol. The average Bonchev–Trinajstić information content (AvgIpc) is 3.00. The van der Waals surface area contributed by atoms with Crippen LogP contribution in [-0.4, -0.2) is 5.71 Å². The van der Waals surface area contributed by atoms with Crippen LogP contribution < -0.4 is 0 Å². The summed E-state index contributed by atoms with van der Waals surface area (Å²) < 4.78 is 0. The Morgan fingerprint density at radius 3 is 1.62 bits per heavy atom. The summed E-state index contributed by atoms with van der Waals surface area (Å²) in [6.45, 7) is 8.64. The van der Waals surface area contributed by atoms with Crippen molar-refractivity contribution in [2.24, 2.45) is 4.99 Å². The fourth-order valence-corrected chi connectivity index (χ4v) is 5.06. The van der Waals surface area contributed by atoms with Crippen LogP contribution in [0.4, 0.5) is 0 Å². The van der Waals surface area contributed by atoms with Crippen LogP contribution in [0.1, 0.15) is 29.2 Å². The molecule has 40 heavy (non-hydrogen) atoms. The van der Waals surface area contributed by atoms with Gasteiger partial charge in [-0.2, -0.15) is 0 Å². The lowest BCUT2D eigenvalue weighted by Crippen LogP contribution is -1.96. The molecule has 0 saturated carbocycles. The van der Waals surface area contributed by atoms with Gasteiger partial charge in [0.1, 0.15) is 0 Å². The van der Waals surface area contributed by atoms with Crippen molar-refractivity contribution in [3.63, 3.8) is 0 Å². The number of hydrogen-bond donors (Lipinski definition) is 0. The second-order valence-electron chi connectivity index (χ2n) is 10.3. The van der Waals surface area contributed by atoms with E-state index in [1.165, 1.54) is 38.2 Å². The highest BCUT2D eigenvalue weighted by Crippen LogP contribution is 2.28. The Kier molecular flexibility index (Phi) is 6.95. The molecule has 192 valence electrons. The van der Waals surface area contributed by atoms with Crippen molar-refractivity contribution in [1.82, 2.24) is 0 Å². The minimum absolute atomic E-state index is 0.893. The molecular weight excluding hydrogens is 482 g/mol. The van der Waals surface area contributed by atoms with E-state index in [1.807, 2.05) is 0 Å². The van der Waals surface area contributed by atoms with E-state index >= 15 is 0 Å². The van der Waals surface area contributed by atoms with Gasteiger partial charge in [-0.25, -0.2) is 0 Å². The van der Waals surface area contributed by atoms with Crippen LogP contribution in [0.3, 0.4) is 0 Å². The molecule has 0 aliphatic carbocycles. The van der Waals surface area contributed by atoms with Gasteiger partial charge in [0, 0.05) is 11.3 Å². The Morgan fingerprint density at radius 2 is 1.02 bits per heavy atom. The molecule has 0 bridgehead atoms. The molecule has 1 nitrogen and oxygen atoms in total. The minimum atomic E-state index is 0.893. The summed E-state index contributed by atoms with van der Waals surface area (Å²) in [6.07, 6.45) is 2.11. The van der Waals surface area contributed by atoms with Gasteiger partial charge in [-0.05, 0) is 81.4 Å². The molecule has 0 atom stereocenters. The number of benzene rings is 6. The zero-order chi connectivity index (χ0) is 27.5. The minimum Gasteiger partial charge on any atom is -0.252 e. The predicted octanol–water partition coefficient (Wildman–Crippen LogP) is 10.5. The molecule has 0 aromatic heterocycles. The van der Waals surface area contributed by atoms with Crippen molar-refractivity contribution < 1.29 is 0 Å². The lowest BCUT2D eigenvalue weighted by molar-refractivity contribution is 1.46. The van der Waals surface area contributed by atoms with E-state index in [9.17, 15) is 0 Å². The second kappa shape index (κ2) is 11.0. The van der Waals surface area contributed by atoms with Gasteiger partial charge in [0.25, 0.3) is 0 Å². The second-order valence-corrected chi connectivity index (χ2v) is 10.3. The third-order valence-electron chi connectivity index (χ3n) is 7.45. The van der Waals surface area contributed by atoms with E-state index in [-0.39, 0.29) is 0 Å². The first-order valence-electron chi connectivity index (χ1n) is 13.7. The lowest BCUT2D eigenvalue weighted by Gasteiger charge is -2.10. The maximum absolute atomic E-state index is 5.18. The zero-order valence-electron chi connectivity index (χ0n) is 22.9. The summed E-state index contributed by atoms with van der Waals surface area (Å²) in [5.41, 5.74) is 9.72. The fraction of sp³-hybridized carbons (Fsp3) is 0.0513. The number of fused-ring (bicyclic) bond motifs is 2. The van der Waals surface area contributed by atoms with Crippen LogP contribution >= 0.6 is 0 Å².